The van der Waals surface area contributed by atoms with Crippen molar-refractivity contribution in [3.8, 4) is 0 Å². The number of rotatable bonds is 5. The van der Waals surface area contributed by atoms with E-state index in [-0.39, 0.29) is 24.6 Å². The monoisotopic (exact) mass is 304 g/mol. The summed E-state index contributed by atoms with van der Waals surface area (Å²) >= 11 is 0. The summed E-state index contributed by atoms with van der Waals surface area (Å²) in [5.41, 5.74) is 0.668. The Kier molecular flexibility index (Phi) is 5.19. The van der Waals surface area contributed by atoms with Crippen LogP contribution in [-0.2, 0) is 4.79 Å². The molecule has 0 saturated carbocycles. The molecule has 0 fully saturated rings. The summed E-state index contributed by atoms with van der Waals surface area (Å²) in [4.78, 5) is 23.4. The number of amides is 2. The molecule has 0 atom stereocenters. The van der Waals surface area contributed by atoms with Gasteiger partial charge < -0.3 is 10.6 Å². The van der Waals surface area contributed by atoms with Crippen LogP contribution in [0.5, 0.6) is 0 Å². The summed E-state index contributed by atoms with van der Waals surface area (Å²) in [6.45, 7) is 0.142. The third-order valence-electron chi connectivity index (χ3n) is 2.88. The lowest BCUT2D eigenvalue weighted by Crippen LogP contribution is -2.27. The van der Waals surface area contributed by atoms with Gasteiger partial charge in [0.2, 0.25) is 5.91 Å². The molecule has 0 radical (unpaired) electrons. The van der Waals surface area contributed by atoms with Gasteiger partial charge in [0.15, 0.2) is 11.6 Å². The topological polar surface area (TPSA) is 58.2 Å². The highest BCUT2D eigenvalue weighted by atomic mass is 19.2. The first-order valence-electron chi connectivity index (χ1n) is 6.64. The van der Waals surface area contributed by atoms with E-state index in [1.54, 1.807) is 30.3 Å². The van der Waals surface area contributed by atoms with Crippen LogP contribution in [0.2, 0.25) is 0 Å². The molecule has 6 heteroatoms. The predicted octanol–water partition coefficient (Wildman–Crippen LogP) is 2.72. The van der Waals surface area contributed by atoms with E-state index < -0.39 is 17.5 Å². The second kappa shape index (κ2) is 7.31. The molecule has 0 saturated heterocycles. The molecule has 0 aliphatic rings. The standard InChI is InChI=1S/C16H14F2N2O2/c17-13-7-6-12(10-14(13)18)20-15(21)8-9-19-16(22)11-4-2-1-3-5-11/h1-7,10H,8-9H2,(H,19,22)(H,20,21). The Bertz CT molecular complexity index is 675. The van der Waals surface area contributed by atoms with Gasteiger partial charge in [-0.1, -0.05) is 18.2 Å². The first kappa shape index (κ1) is 15.6. The van der Waals surface area contributed by atoms with Gasteiger partial charge in [-0.3, -0.25) is 9.59 Å². The highest BCUT2D eigenvalue weighted by Gasteiger charge is 2.08. The Hall–Kier alpha value is -2.76. The van der Waals surface area contributed by atoms with Crippen molar-refractivity contribution in [2.75, 3.05) is 11.9 Å². The Balaban J connectivity index is 1.78. The van der Waals surface area contributed by atoms with E-state index in [0.29, 0.717) is 5.56 Å². The van der Waals surface area contributed by atoms with Crippen molar-refractivity contribution in [3.63, 3.8) is 0 Å². The molecule has 4 nitrogen and oxygen atoms in total. The number of nitrogens with one attached hydrogen (secondary N) is 2. The molecule has 0 unspecified atom stereocenters. The second-order valence-corrected chi connectivity index (χ2v) is 4.55. The molecule has 0 aliphatic heterocycles. The van der Waals surface area contributed by atoms with Crippen LogP contribution in [-0.4, -0.2) is 18.4 Å². The van der Waals surface area contributed by atoms with Crippen molar-refractivity contribution < 1.29 is 18.4 Å². The van der Waals surface area contributed by atoms with Crippen molar-refractivity contribution in [2.24, 2.45) is 0 Å². The largest absolute Gasteiger partial charge is 0.352 e. The second-order valence-electron chi connectivity index (χ2n) is 4.55. The normalized spacial score (nSPS) is 10.1. The van der Waals surface area contributed by atoms with Crippen LogP contribution in [0.3, 0.4) is 0 Å². The molecule has 0 aromatic heterocycles. The molecular weight excluding hydrogens is 290 g/mol. The van der Waals surface area contributed by atoms with E-state index in [0.717, 1.165) is 12.1 Å². The zero-order valence-corrected chi connectivity index (χ0v) is 11.6. The highest BCUT2D eigenvalue weighted by Crippen LogP contribution is 2.13. The quantitative estimate of drug-likeness (QED) is 0.892. The summed E-state index contributed by atoms with van der Waals surface area (Å²) in [5, 5.41) is 5.03. The van der Waals surface area contributed by atoms with E-state index in [4.69, 9.17) is 0 Å². The first-order chi connectivity index (χ1) is 10.6. The van der Waals surface area contributed by atoms with E-state index in [9.17, 15) is 18.4 Å². The molecular formula is C16H14F2N2O2. The lowest BCUT2D eigenvalue weighted by molar-refractivity contribution is -0.116. The molecule has 22 heavy (non-hydrogen) atoms. The van der Waals surface area contributed by atoms with Crippen LogP contribution in [0.25, 0.3) is 0 Å². The molecule has 2 rings (SSSR count). The van der Waals surface area contributed by atoms with Crippen molar-refractivity contribution in [1.29, 1.82) is 0 Å². The molecule has 0 bridgehead atoms. The number of anilines is 1. The number of hydrogen-bond donors (Lipinski definition) is 2. The van der Waals surface area contributed by atoms with Crippen molar-refractivity contribution in [3.05, 3.63) is 65.7 Å². The Morgan fingerprint density at radius 1 is 0.955 bits per heavy atom. The van der Waals surface area contributed by atoms with E-state index >= 15 is 0 Å². The maximum Gasteiger partial charge on any atom is 0.251 e. The number of carbonyl (C=O) groups excluding carboxylic acids is 2. The third kappa shape index (κ3) is 4.37. The Morgan fingerprint density at radius 2 is 1.68 bits per heavy atom. The fraction of sp³-hybridized carbons (Fsp3) is 0.125. The van der Waals surface area contributed by atoms with Gasteiger partial charge in [0.1, 0.15) is 0 Å². The summed E-state index contributed by atoms with van der Waals surface area (Å²) < 4.78 is 25.7. The minimum absolute atomic E-state index is 0.0254. The summed E-state index contributed by atoms with van der Waals surface area (Å²) in [6.07, 6.45) is 0.0254. The van der Waals surface area contributed by atoms with Crippen LogP contribution in [0, 0.1) is 11.6 Å². The van der Waals surface area contributed by atoms with Crippen LogP contribution in [0.15, 0.2) is 48.5 Å². The molecule has 0 spiro atoms. The number of benzene rings is 2. The van der Waals surface area contributed by atoms with Gasteiger partial charge in [0, 0.05) is 30.3 Å². The van der Waals surface area contributed by atoms with Crippen molar-refractivity contribution in [1.82, 2.24) is 5.32 Å². The van der Waals surface area contributed by atoms with Crippen LogP contribution in [0.4, 0.5) is 14.5 Å². The van der Waals surface area contributed by atoms with Gasteiger partial charge in [-0.05, 0) is 24.3 Å². The molecule has 2 amide bonds. The SMILES string of the molecule is O=C(CCNC(=O)c1ccccc1)Nc1ccc(F)c(F)c1. The van der Waals surface area contributed by atoms with Crippen LogP contribution < -0.4 is 10.6 Å². The summed E-state index contributed by atoms with van der Waals surface area (Å²) in [5.74, 6) is -2.69. The zero-order chi connectivity index (χ0) is 15.9. The number of halogens is 2. The third-order valence-corrected chi connectivity index (χ3v) is 2.88. The van der Waals surface area contributed by atoms with Gasteiger partial charge in [-0.2, -0.15) is 0 Å². The van der Waals surface area contributed by atoms with Crippen LogP contribution >= 0.6 is 0 Å². The molecule has 114 valence electrons. The van der Waals surface area contributed by atoms with E-state index in [1.807, 2.05) is 0 Å². The van der Waals surface area contributed by atoms with Gasteiger partial charge in [-0.15, -0.1) is 0 Å². The van der Waals surface area contributed by atoms with E-state index in [2.05, 4.69) is 10.6 Å². The maximum atomic E-state index is 13.0. The molecule has 2 aromatic carbocycles. The number of hydrogen-bond acceptors (Lipinski definition) is 2. The average molecular weight is 304 g/mol. The lowest BCUT2D eigenvalue weighted by atomic mass is 10.2. The fourth-order valence-electron chi connectivity index (χ4n) is 1.78. The van der Waals surface area contributed by atoms with Gasteiger partial charge in [-0.25, -0.2) is 8.78 Å². The van der Waals surface area contributed by atoms with Gasteiger partial charge in [0.05, 0.1) is 0 Å². The molecule has 2 N–H and O–H groups in total. The minimum atomic E-state index is -1.03. The molecule has 0 heterocycles. The first-order valence-corrected chi connectivity index (χ1v) is 6.64. The summed E-state index contributed by atoms with van der Waals surface area (Å²) in [7, 11) is 0. The fourth-order valence-corrected chi connectivity index (χ4v) is 1.78. The van der Waals surface area contributed by atoms with Gasteiger partial charge in [0.25, 0.3) is 5.91 Å². The highest BCUT2D eigenvalue weighted by molar-refractivity contribution is 5.95. The van der Waals surface area contributed by atoms with Crippen molar-refractivity contribution in [2.45, 2.75) is 6.42 Å². The average Bonchev–Trinajstić information content (AvgIpc) is 2.51. The van der Waals surface area contributed by atoms with Crippen LogP contribution in [0.1, 0.15) is 16.8 Å². The number of carbonyl (C=O) groups is 2. The predicted molar refractivity (Wildman–Crippen MR) is 78.4 cm³/mol. The maximum absolute atomic E-state index is 13.0. The smallest absolute Gasteiger partial charge is 0.251 e. The van der Waals surface area contributed by atoms with Gasteiger partial charge >= 0.3 is 0 Å². The molecule has 2 aromatic rings. The zero-order valence-electron chi connectivity index (χ0n) is 11.6. The minimum Gasteiger partial charge on any atom is -0.352 e. The van der Waals surface area contributed by atoms with Crippen molar-refractivity contribution >= 4 is 17.5 Å². The summed E-state index contributed by atoms with van der Waals surface area (Å²) in [6, 6.07) is 11.7. The Morgan fingerprint density at radius 3 is 2.36 bits per heavy atom. The lowest BCUT2D eigenvalue weighted by Gasteiger charge is -2.07. The van der Waals surface area contributed by atoms with E-state index in [1.165, 1.54) is 6.07 Å². The molecule has 0 aliphatic carbocycles. The Labute approximate surface area is 126 Å².